The van der Waals surface area contributed by atoms with E-state index < -0.39 is 5.43 Å². The molecule has 2 heterocycles. The number of aromatic amines is 1. The number of aromatic nitrogens is 4. The number of benzene rings is 2. The monoisotopic (exact) mass is 459 g/mol. The number of rotatable bonds is 11. The van der Waals surface area contributed by atoms with Gasteiger partial charge in [-0.1, -0.05) is 25.0 Å². The van der Waals surface area contributed by atoms with Crippen LogP contribution in [-0.4, -0.2) is 33.0 Å². The third-order valence-electron chi connectivity index (χ3n) is 5.43. The summed E-state index contributed by atoms with van der Waals surface area (Å²) in [4.78, 5) is 26.1. The second kappa shape index (κ2) is 10.6. The molecule has 0 fully saturated rings. The van der Waals surface area contributed by atoms with Crippen molar-refractivity contribution in [2.45, 2.75) is 32.1 Å². The van der Waals surface area contributed by atoms with Gasteiger partial charge >= 0.3 is 0 Å². The Morgan fingerprint density at radius 3 is 2.65 bits per heavy atom. The van der Waals surface area contributed by atoms with Gasteiger partial charge in [-0.2, -0.15) is 5.21 Å². The summed E-state index contributed by atoms with van der Waals surface area (Å²) in [6.07, 6.45) is 7.36. The van der Waals surface area contributed by atoms with E-state index in [0.717, 1.165) is 32.1 Å². The number of carbonyl (C=O) groups excluding carboxylic acids is 1. The van der Waals surface area contributed by atoms with Crippen LogP contribution in [0.25, 0.3) is 22.6 Å². The number of hydrogen-bond donors (Lipinski definition) is 2. The quantitative estimate of drug-likeness (QED) is 0.192. The van der Waals surface area contributed by atoms with Crippen molar-refractivity contribution in [2.24, 2.45) is 0 Å². The van der Waals surface area contributed by atoms with Crippen molar-refractivity contribution >= 4 is 22.4 Å². The Morgan fingerprint density at radius 1 is 1.12 bits per heavy atom. The lowest BCUT2D eigenvalue weighted by Gasteiger charge is -2.09. The van der Waals surface area contributed by atoms with Crippen LogP contribution in [0.1, 0.15) is 48.0 Å². The van der Waals surface area contributed by atoms with Gasteiger partial charge in [0.1, 0.15) is 17.0 Å². The average Bonchev–Trinajstić information content (AvgIpc) is 3.40. The minimum absolute atomic E-state index is 0.0287. The highest BCUT2D eigenvalue weighted by Crippen LogP contribution is 2.28. The molecule has 2 aromatic heterocycles. The number of anilines is 1. The summed E-state index contributed by atoms with van der Waals surface area (Å²) in [5, 5.41) is 13.6. The van der Waals surface area contributed by atoms with Crippen LogP contribution in [0.5, 0.6) is 5.75 Å². The highest BCUT2D eigenvalue weighted by Gasteiger charge is 2.21. The van der Waals surface area contributed by atoms with E-state index in [-0.39, 0.29) is 39.6 Å². The molecule has 0 saturated heterocycles. The molecule has 9 heteroatoms. The Balaban J connectivity index is 1.53. The normalized spacial score (nSPS) is 10.9. The van der Waals surface area contributed by atoms with Crippen molar-refractivity contribution in [1.82, 2.24) is 20.6 Å². The van der Waals surface area contributed by atoms with E-state index in [4.69, 9.17) is 14.9 Å². The van der Waals surface area contributed by atoms with Crippen molar-refractivity contribution < 1.29 is 13.9 Å². The lowest BCUT2D eigenvalue weighted by atomic mass is 10.0. The first kappa shape index (κ1) is 22.9. The zero-order valence-corrected chi connectivity index (χ0v) is 18.6. The van der Waals surface area contributed by atoms with Crippen LogP contribution in [0, 0.1) is 0 Å². The van der Waals surface area contributed by atoms with Crippen LogP contribution in [0.15, 0.2) is 64.3 Å². The summed E-state index contributed by atoms with van der Waals surface area (Å²) >= 11 is 0. The smallest absolute Gasteiger partial charge is 0.242 e. The summed E-state index contributed by atoms with van der Waals surface area (Å²) < 4.78 is 11.6. The zero-order chi connectivity index (χ0) is 23.9. The van der Waals surface area contributed by atoms with Gasteiger partial charge in [-0.05, 0) is 60.9 Å². The highest BCUT2D eigenvalue weighted by molar-refractivity contribution is 6.15. The van der Waals surface area contributed by atoms with E-state index in [1.165, 1.54) is 0 Å². The number of hydrogen-bond acceptors (Lipinski definition) is 8. The molecule has 0 bridgehead atoms. The van der Waals surface area contributed by atoms with Crippen molar-refractivity contribution in [3.63, 3.8) is 0 Å². The van der Waals surface area contributed by atoms with Crippen LogP contribution in [0.3, 0.4) is 0 Å². The maximum Gasteiger partial charge on any atom is 0.242 e. The number of nitrogens with two attached hydrogens (primary N) is 1. The number of carbonyl (C=O) groups is 1. The molecule has 4 aromatic rings. The third kappa shape index (κ3) is 4.88. The Hall–Kier alpha value is -4.27. The summed E-state index contributed by atoms with van der Waals surface area (Å²) in [5.74, 6) is 0.381. The molecule has 34 heavy (non-hydrogen) atoms. The number of unbranched alkanes of at least 4 members (excludes halogenated alkanes) is 4. The van der Waals surface area contributed by atoms with Gasteiger partial charge in [-0.25, -0.2) is 0 Å². The first-order valence-corrected chi connectivity index (χ1v) is 11.1. The SMILES string of the molecule is C=CCCCCCCOc1ccc(C(=O)c2cccc3c(=O)c(N)c(-c4nn[nH]n4)oc23)cc1. The van der Waals surface area contributed by atoms with Crippen LogP contribution in [0.2, 0.25) is 0 Å². The Morgan fingerprint density at radius 2 is 1.91 bits per heavy atom. The second-order valence-corrected chi connectivity index (χ2v) is 7.79. The number of ether oxygens (including phenoxy) is 1. The molecular weight excluding hydrogens is 434 g/mol. The van der Waals surface area contributed by atoms with E-state index in [2.05, 4.69) is 27.2 Å². The molecule has 0 unspecified atom stereocenters. The minimum Gasteiger partial charge on any atom is -0.494 e. The number of nitrogens with one attached hydrogen (secondary N) is 1. The summed E-state index contributed by atoms with van der Waals surface area (Å²) in [5.41, 5.74) is 6.10. The molecule has 9 nitrogen and oxygen atoms in total. The number of ketones is 1. The van der Waals surface area contributed by atoms with Gasteiger partial charge < -0.3 is 14.9 Å². The molecule has 4 rings (SSSR count). The molecule has 0 aliphatic carbocycles. The van der Waals surface area contributed by atoms with Crippen LogP contribution >= 0.6 is 0 Å². The zero-order valence-electron chi connectivity index (χ0n) is 18.6. The summed E-state index contributed by atoms with van der Waals surface area (Å²) in [7, 11) is 0. The molecule has 174 valence electrons. The van der Waals surface area contributed by atoms with Crippen LogP contribution in [0.4, 0.5) is 5.69 Å². The number of para-hydroxylation sites is 1. The number of nitrogen functional groups attached to an aromatic ring is 1. The molecule has 0 spiro atoms. The van der Waals surface area contributed by atoms with Gasteiger partial charge in [0.25, 0.3) is 0 Å². The predicted octanol–water partition coefficient (Wildman–Crippen LogP) is 4.30. The van der Waals surface area contributed by atoms with Crippen molar-refractivity contribution in [2.75, 3.05) is 12.3 Å². The Bertz CT molecular complexity index is 1340. The topological polar surface area (TPSA) is 137 Å². The third-order valence-corrected chi connectivity index (χ3v) is 5.43. The maximum atomic E-state index is 13.3. The molecule has 0 radical (unpaired) electrons. The number of nitrogens with zero attached hydrogens (tertiary/aromatic N) is 3. The van der Waals surface area contributed by atoms with E-state index in [9.17, 15) is 9.59 Å². The molecule has 2 aromatic carbocycles. The highest BCUT2D eigenvalue weighted by atomic mass is 16.5. The molecule has 0 atom stereocenters. The van der Waals surface area contributed by atoms with Crippen LogP contribution in [-0.2, 0) is 0 Å². The second-order valence-electron chi connectivity index (χ2n) is 7.79. The fraction of sp³-hybridized carbons (Fsp3) is 0.240. The fourth-order valence-electron chi connectivity index (χ4n) is 3.63. The molecule has 0 saturated carbocycles. The van der Waals surface area contributed by atoms with E-state index in [0.29, 0.717) is 17.9 Å². The molecule has 3 N–H and O–H groups in total. The van der Waals surface area contributed by atoms with E-state index >= 15 is 0 Å². The Kier molecular flexibility index (Phi) is 7.12. The first-order valence-electron chi connectivity index (χ1n) is 11.1. The first-order chi connectivity index (χ1) is 16.6. The summed E-state index contributed by atoms with van der Waals surface area (Å²) in [6, 6.07) is 11.7. The van der Waals surface area contributed by atoms with Gasteiger partial charge in [0, 0.05) is 5.56 Å². The van der Waals surface area contributed by atoms with Gasteiger partial charge in [-0.15, -0.1) is 16.8 Å². The average molecular weight is 460 g/mol. The van der Waals surface area contributed by atoms with E-state index in [1.54, 1.807) is 42.5 Å². The van der Waals surface area contributed by atoms with Gasteiger partial charge in [0.05, 0.1) is 17.6 Å². The van der Waals surface area contributed by atoms with Crippen molar-refractivity contribution in [3.05, 3.63) is 76.5 Å². The Labute approximate surface area is 195 Å². The largest absolute Gasteiger partial charge is 0.494 e. The number of H-pyrrole nitrogens is 1. The minimum atomic E-state index is -0.469. The summed E-state index contributed by atoms with van der Waals surface area (Å²) in [6.45, 7) is 4.35. The lowest BCUT2D eigenvalue weighted by Crippen LogP contribution is -2.12. The number of allylic oxidation sites excluding steroid dienone is 1. The fourth-order valence-corrected chi connectivity index (χ4v) is 3.63. The van der Waals surface area contributed by atoms with Gasteiger partial charge in [-0.3, -0.25) is 9.59 Å². The number of tetrazole rings is 1. The molecule has 0 amide bonds. The standard InChI is InChI=1S/C25H25N5O4/c1-2-3-4-5-6-7-15-33-17-13-11-16(12-14-17)21(31)18-9-8-10-19-22(32)20(26)24(34-23(18)19)25-27-29-30-28-25/h2,8-14H,1,3-7,15,26H2,(H,27,28,29,30). The lowest BCUT2D eigenvalue weighted by molar-refractivity contribution is 0.103. The van der Waals surface area contributed by atoms with Gasteiger partial charge in [0.15, 0.2) is 5.78 Å². The van der Waals surface area contributed by atoms with E-state index in [1.807, 2.05) is 6.08 Å². The predicted molar refractivity (Wildman–Crippen MR) is 129 cm³/mol. The maximum absolute atomic E-state index is 13.3. The molecule has 0 aliphatic heterocycles. The molecular formula is C25H25N5O4. The van der Waals surface area contributed by atoms with Gasteiger partial charge in [0.2, 0.25) is 17.0 Å². The van der Waals surface area contributed by atoms with Crippen LogP contribution < -0.4 is 15.9 Å². The number of fused-ring (bicyclic) bond motifs is 1. The van der Waals surface area contributed by atoms with Crippen molar-refractivity contribution in [1.29, 1.82) is 0 Å². The molecule has 0 aliphatic rings. The van der Waals surface area contributed by atoms with Crippen molar-refractivity contribution in [3.8, 4) is 17.3 Å².